The number of carbonyl (C=O) groups excluding carboxylic acids is 1. The molecule has 0 spiro atoms. The third kappa shape index (κ3) is 4.71. The van der Waals surface area contributed by atoms with Gasteiger partial charge in [0.15, 0.2) is 0 Å². The number of hydrogen-bond donors (Lipinski definition) is 1. The highest BCUT2D eigenvalue weighted by Gasteiger charge is 2.08. The van der Waals surface area contributed by atoms with Crippen molar-refractivity contribution in [3.63, 3.8) is 0 Å². The van der Waals surface area contributed by atoms with Crippen LogP contribution in [-0.2, 0) is 0 Å². The van der Waals surface area contributed by atoms with Crippen LogP contribution < -0.4 is 14.8 Å². The van der Waals surface area contributed by atoms with Gasteiger partial charge in [-0.3, -0.25) is 4.79 Å². The minimum atomic E-state index is -0.168. The van der Waals surface area contributed by atoms with E-state index in [9.17, 15) is 4.79 Å². The second kappa shape index (κ2) is 8.17. The maximum absolute atomic E-state index is 12.1. The maximum atomic E-state index is 12.1. The van der Waals surface area contributed by atoms with Crippen LogP contribution >= 0.6 is 0 Å². The zero-order chi connectivity index (χ0) is 16.7. The fourth-order valence-corrected chi connectivity index (χ4v) is 2.22. The molecule has 0 saturated heterocycles. The van der Waals surface area contributed by atoms with E-state index in [4.69, 9.17) is 9.47 Å². The Kier molecular flexibility index (Phi) is 5.97. The topological polar surface area (TPSA) is 60.5 Å². The van der Waals surface area contributed by atoms with E-state index in [-0.39, 0.29) is 5.91 Å². The summed E-state index contributed by atoms with van der Waals surface area (Å²) in [6.07, 6.45) is 1.56. The van der Waals surface area contributed by atoms with Gasteiger partial charge in [0.25, 0.3) is 5.91 Å². The molecule has 5 nitrogen and oxygen atoms in total. The van der Waals surface area contributed by atoms with Gasteiger partial charge in [0.2, 0.25) is 5.88 Å². The molecule has 1 N–H and O–H groups in total. The summed E-state index contributed by atoms with van der Waals surface area (Å²) in [5, 5.41) is 2.83. The number of rotatable bonds is 7. The average Bonchev–Trinajstić information content (AvgIpc) is 2.54. The highest BCUT2D eigenvalue weighted by molar-refractivity contribution is 5.94. The Bertz CT molecular complexity index is 651. The van der Waals surface area contributed by atoms with Crippen LogP contribution in [0.5, 0.6) is 11.6 Å². The van der Waals surface area contributed by atoms with E-state index in [0.717, 1.165) is 16.9 Å². The number of aromatic nitrogens is 1. The van der Waals surface area contributed by atoms with Gasteiger partial charge in [0, 0.05) is 17.8 Å². The lowest BCUT2D eigenvalue weighted by atomic mass is 10.1. The molecular formula is C18H22N2O3. The Balaban J connectivity index is 1.84. The summed E-state index contributed by atoms with van der Waals surface area (Å²) in [6, 6.07) is 9.30. The Labute approximate surface area is 136 Å². The predicted molar refractivity (Wildman–Crippen MR) is 89.2 cm³/mol. The Hall–Kier alpha value is -2.56. The minimum absolute atomic E-state index is 0.168. The number of nitrogens with one attached hydrogen (secondary N) is 1. The third-order valence-corrected chi connectivity index (χ3v) is 3.33. The first-order valence-electron chi connectivity index (χ1n) is 7.68. The van der Waals surface area contributed by atoms with E-state index in [0.29, 0.717) is 31.2 Å². The summed E-state index contributed by atoms with van der Waals surface area (Å²) in [7, 11) is 0. The van der Waals surface area contributed by atoms with Crippen LogP contribution in [0.15, 0.2) is 36.5 Å². The van der Waals surface area contributed by atoms with E-state index in [2.05, 4.69) is 10.3 Å². The summed E-state index contributed by atoms with van der Waals surface area (Å²) in [4.78, 5) is 16.1. The molecule has 0 bridgehead atoms. The lowest BCUT2D eigenvalue weighted by Crippen LogP contribution is -2.28. The summed E-state index contributed by atoms with van der Waals surface area (Å²) < 4.78 is 11.1. The Morgan fingerprint density at radius 2 is 1.91 bits per heavy atom. The second-order valence-electron chi connectivity index (χ2n) is 5.14. The summed E-state index contributed by atoms with van der Waals surface area (Å²) in [5.74, 6) is 1.16. The predicted octanol–water partition coefficient (Wildman–Crippen LogP) is 2.91. The van der Waals surface area contributed by atoms with Crippen molar-refractivity contribution in [2.75, 3.05) is 19.8 Å². The number of hydrogen-bond acceptors (Lipinski definition) is 4. The normalized spacial score (nSPS) is 10.2. The van der Waals surface area contributed by atoms with Crippen LogP contribution in [0.3, 0.4) is 0 Å². The standard InChI is InChI=1S/C18H22N2O3/c1-4-22-16-12-15(8-9-19-16)18(21)20-10-11-23-17-13(2)6-5-7-14(17)3/h5-9,12H,4,10-11H2,1-3H3,(H,20,21). The quantitative estimate of drug-likeness (QED) is 0.798. The van der Waals surface area contributed by atoms with Gasteiger partial charge in [0.05, 0.1) is 13.2 Å². The number of carbonyl (C=O) groups is 1. The van der Waals surface area contributed by atoms with Crippen LogP contribution in [0, 0.1) is 13.8 Å². The molecule has 0 fully saturated rings. The van der Waals surface area contributed by atoms with Gasteiger partial charge in [-0.15, -0.1) is 0 Å². The molecule has 2 rings (SSSR count). The number of amides is 1. The zero-order valence-corrected chi connectivity index (χ0v) is 13.8. The first kappa shape index (κ1) is 16.8. The molecule has 0 radical (unpaired) electrons. The lowest BCUT2D eigenvalue weighted by Gasteiger charge is -2.12. The van der Waals surface area contributed by atoms with Crippen molar-refractivity contribution in [1.82, 2.24) is 10.3 Å². The van der Waals surface area contributed by atoms with E-state index >= 15 is 0 Å². The summed E-state index contributed by atoms with van der Waals surface area (Å²) in [5.41, 5.74) is 2.70. The van der Waals surface area contributed by atoms with E-state index in [1.165, 1.54) is 0 Å². The molecule has 1 heterocycles. The number of para-hydroxylation sites is 1. The summed E-state index contributed by atoms with van der Waals surface area (Å²) in [6.45, 7) is 7.25. The van der Waals surface area contributed by atoms with Crippen molar-refractivity contribution in [2.24, 2.45) is 0 Å². The molecule has 1 amide bonds. The van der Waals surface area contributed by atoms with E-state index < -0.39 is 0 Å². The molecule has 0 saturated carbocycles. The molecule has 1 aromatic heterocycles. The molecule has 0 atom stereocenters. The monoisotopic (exact) mass is 314 g/mol. The minimum Gasteiger partial charge on any atom is -0.491 e. The molecule has 0 unspecified atom stereocenters. The fraction of sp³-hybridized carbons (Fsp3) is 0.333. The molecule has 0 aliphatic heterocycles. The first-order valence-corrected chi connectivity index (χ1v) is 7.68. The van der Waals surface area contributed by atoms with Crippen LogP contribution in [0.4, 0.5) is 0 Å². The lowest BCUT2D eigenvalue weighted by molar-refractivity contribution is 0.0946. The van der Waals surface area contributed by atoms with Gasteiger partial charge in [-0.2, -0.15) is 0 Å². The Morgan fingerprint density at radius 3 is 2.61 bits per heavy atom. The molecule has 2 aromatic rings. The molecule has 5 heteroatoms. The summed E-state index contributed by atoms with van der Waals surface area (Å²) >= 11 is 0. The van der Waals surface area contributed by atoms with Crippen molar-refractivity contribution in [3.8, 4) is 11.6 Å². The molecule has 0 aliphatic carbocycles. The fourth-order valence-electron chi connectivity index (χ4n) is 2.22. The number of nitrogens with zero attached hydrogens (tertiary/aromatic N) is 1. The van der Waals surface area contributed by atoms with Gasteiger partial charge in [0.1, 0.15) is 12.4 Å². The molecule has 0 aliphatic rings. The average molecular weight is 314 g/mol. The van der Waals surface area contributed by atoms with Crippen LogP contribution in [0.1, 0.15) is 28.4 Å². The van der Waals surface area contributed by atoms with Crippen LogP contribution in [0.25, 0.3) is 0 Å². The maximum Gasteiger partial charge on any atom is 0.251 e. The highest BCUT2D eigenvalue weighted by atomic mass is 16.5. The molecular weight excluding hydrogens is 292 g/mol. The van der Waals surface area contributed by atoms with Crippen molar-refractivity contribution >= 4 is 5.91 Å². The van der Waals surface area contributed by atoms with E-state index in [1.54, 1.807) is 18.3 Å². The smallest absolute Gasteiger partial charge is 0.251 e. The second-order valence-corrected chi connectivity index (χ2v) is 5.14. The largest absolute Gasteiger partial charge is 0.491 e. The number of benzene rings is 1. The SMILES string of the molecule is CCOc1cc(C(=O)NCCOc2c(C)cccc2C)ccn1. The first-order chi connectivity index (χ1) is 11.1. The van der Waals surface area contributed by atoms with Crippen molar-refractivity contribution in [1.29, 1.82) is 0 Å². The highest BCUT2D eigenvalue weighted by Crippen LogP contribution is 2.21. The van der Waals surface area contributed by atoms with Crippen LogP contribution in [-0.4, -0.2) is 30.6 Å². The van der Waals surface area contributed by atoms with Gasteiger partial charge < -0.3 is 14.8 Å². The van der Waals surface area contributed by atoms with Crippen molar-refractivity contribution in [2.45, 2.75) is 20.8 Å². The zero-order valence-electron chi connectivity index (χ0n) is 13.8. The molecule has 122 valence electrons. The number of ether oxygens (including phenoxy) is 2. The van der Waals surface area contributed by atoms with Crippen molar-refractivity contribution < 1.29 is 14.3 Å². The van der Waals surface area contributed by atoms with Crippen molar-refractivity contribution in [3.05, 3.63) is 53.2 Å². The van der Waals surface area contributed by atoms with Crippen LogP contribution in [0.2, 0.25) is 0 Å². The molecule has 1 aromatic carbocycles. The molecule has 23 heavy (non-hydrogen) atoms. The van der Waals surface area contributed by atoms with Gasteiger partial charge >= 0.3 is 0 Å². The van der Waals surface area contributed by atoms with Gasteiger partial charge in [-0.1, -0.05) is 18.2 Å². The number of aryl methyl sites for hydroxylation is 2. The van der Waals surface area contributed by atoms with Gasteiger partial charge in [-0.25, -0.2) is 4.98 Å². The Morgan fingerprint density at radius 1 is 1.17 bits per heavy atom. The van der Waals surface area contributed by atoms with Gasteiger partial charge in [-0.05, 0) is 38.0 Å². The van der Waals surface area contributed by atoms with E-state index in [1.807, 2.05) is 39.0 Å². The number of pyridine rings is 1. The third-order valence-electron chi connectivity index (χ3n) is 3.33.